The summed E-state index contributed by atoms with van der Waals surface area (Å²) in [5, 5.41) is 5.83. The van der Waals surface area contributed by atoms with Crippen LogP contribution in [0.2, 0.25) is 0 Å². The maximum absolute atomic E-state index is 12.1. The second-order valence-electron chi connectivity index (χ2n) is 4.85. The summed E-state index contributed by atoms with van der Waals surface area (Å²) in [7, 11) is -3.50. The molecular formula is C13H19N3O3S. The third kappa shape index (κ3) is 4.03. The number of benzene rings is 1. The number of carbonyl (C=O) groups excluding carboxylic acids is 1. The van der Waals surface area contributed by atoms with E-state index in [2.05, 4.69) is 15.4 Å². The Labute approximate surface area is 119 Å². The SMILES string of the molecule is CC(=O)Nc1ccc(S(=O)(=O)NCC2CCCN2)cc1. The van der Waals surface area contributed by atoms with Gasteiger partial charge < -0.3 is 10.6 Å². The van der Waals surface area contributed by atoms with Crippen molar-refractivity contribution in [2.24, 2.45) is 0 Å². The number of anilines is 1. The van der Waals surface area contributed by atoms with Gasteiger partial charge in [-0.25, -0.2) is 13.1 Å². The van der Waals surface area contributed by atoms with Crippen molar-refractivity contribution in [3.63, 3.8) is 0 Å². The van der Waals surface area contributed by atoms with E-state index in [1.807, 2.05) is 0 Å². The third-order valence-corrected chi connectivity index (χ3v) is 4.61. The van der Waals surface area contributed by atoms with Gasteiger partial charge in [0, 0.05) is 25.2 Å². The van der Waals surface area contributed by atoms with Crippen LogP contribution in [0.4, 0.5) is 5.69 Å². The number of hydrogen-bond acceptors (Lipinski definition) is 4. The zero-order valence-corrected chi connectivity index (χ0v) is 12.2. The highest BCUT2D eigenvalue weighted by Gasteiger charge is 2.19. The zero-order chi connectivity index (χ0) is 14.6. The summed E-state index contributed by atoms with van der Waals surface area (Å²) in [5.74, 6) is -0.189. The number of nitrogens with one attached hydrogen (secondary N) is 3. The summed E-state index contributed by atoms with van der Waals surface area (Å²) in [6.45, 7) is 2.74. The van der Waals surface area contributed by atoms with Crippen molar-refractivity contribution in [1.29, 1.82) is 0 Å². The number of hydrogen-bond donors (Lipinski definition) is 3. The molecule has 7 heteroatoms. The summed E-state index contributed by atoms with van der Waals surface area (Å²) < 4.78 is 26.8. The molecule has 0 radical (unpaired) electrons. The molecule has 20 heavy (non-hydrogen) atoms. The Bertz CT molecular complexity index is 563. The van der Waals surface area contributed by atoms with Crippen molar-refractivity contribution in [3.8, 4) is 0 Å². The standard InChI is InChI=1S/C13H19N3O3S/c1-10(17)16-11-4-6-13(7-5-11)20(18,19)15-9-12-3-2-8-14-12/h4-7,12,14-15H,2-3,8-9H2,1H3,(H,16,17). The normalized spacial score (nSPS) is 18.9. The van der Waals surface area contributed by atoms with Crippen molar-refractivity contribution in [1.82, 2.24) is 10.0 Å². The summed E-state index contributed by atoms with van der Waals surface area (Å²) in [6, 6.07) is 6.32. The molecular weight excluding hydrogens is 278 g/mol. The summed E-state index contributed by atoms with van der Waals surface area (Å²) in [6.07, 6.45) is 2.07. The van der Waals surface area contributed by atoms with E-state index < -0.39 is 10.0 Å². The Morgan fingerprint density at radius 3 is 2.60 bits per heavy atom. The molecule has 0 bridgehead atoms. The van der Waals surface area contributed by atoms with Crippen LogP contribution < -0.4 is 15.4 Å². The number of carbonyl (C=O) groups is 1. The molecule has 1 atom stereocenters. The van der Waals surface area contributed by atoms with E-state index in [9.17, 15) is 13.2 Å². The summed E-state index contributed by atoms with van der Waals surface area (Å²) in [4.78, 5) is 11.1. The number of sulfonamides is 1. The maximum atomic E-state index is 12.1. The van der Waals surface area contributed by atoms with Gasteiger partial charge in [-0.15, -0.1) is 0 Å². The van der Waals surface area contributed by atoms with Gasteiger partial charge in [-0.05, 0) is 43.7 Å². The lowest BCUT2D eigenvalue weighted by Crippen LogP contribution is -2.37. The highest BCUT2D eigenvalue weighted by atomic mass is 32.2. The van der Waals surface area contributed by atoms with Crippen LogP contribution in [0.1, 0.15) is 19.8 Å². The average molecular weight is 297 g/mol. The Morgan fingerprint density at radius 1 is 1.35 bits per heavy atom. The Kier molecular flexibility index (Phi) is 4.74. The topological polar surface area (TPSA) is 87.3 Å². The fourth-order valence-electron chi connectivity index (χ4n) is 2.15. The quantitative estimate of drug-likeness (QED) is 0.745. The van der Waals surface area contributed by atoms with Crippen LogP contribution in [0, 0.1) is 0 Å². The first-order valence-electron chi connectivity index (χ1n) is 6.58. The molecule has 110 valence electrons. The molecule has 1 fully saturated rings. The van der Waals surface area contributed by atoms with Crippen molar-refractivity contribution in [3.05, 3.63) is 24.3 Å². The lowest BCUT2D eigenvalue weighted by molar-refractivity contribution is -0.114. The molecule has 1 unspecified atom stereocenters. The smallest absolute Gasteiger partial charge is 0.240 e. The molecule has 0 aromatic heterocycles. The van der Waals surface area contributed by atoms with Gasteiger partial charge in [0.05, 0.1) is 4.90 Å². The van der Waals surface area contributed by atoms with Crippen LogP contribution in [-0.4, -0.2) is 33.5 Å². The first-order valence-corrected chi connectivity index (χ1v) is 8.06. The van der Waals surface area contributed by atoms with Crippen LogP contribution in [0.25, 0.3) is 0 Å². The summed E-state index contributed by atoms with van der Waals surface area (Å²) in [5.41, 5.74) is 0.578. The number of amides is 1. The van der Waals surface area contributed by atoms with Crippen LogP contribution in [-0.2, 0) is 14.8 Å². The van der Waals surface area contributed by atoms with Gasteiger partial charge in [0.2, 0.25) is 15.9 Å². The fraction of sp³-hybridized carbons (Fsp3) is 0.462. The molecule has 1 aliphatic heterocycles. The van der Waals surface area contributed by atoms with Crippen LogP contribution in [0.15, 0.2) is 29.2 Å². The van der Waals surface area contributed by atoms with Gasteiger partial charge in [0.25, 0.3) is 0 Å². The van der Waals surface area contributed by atoms with E-state index in [0.29, 0.717) is 12.2 Å². The van der Waals surface area contributed by atoms with E-state index in [0.717, 1.165) is 19.4 Å². The fourth-order valence-corrected chi connectivity index (χ4v) is 3.23. The van der Waals surface area contributed by atoms with Gasteiger partial charge in [-0.2, -0.15) is 0 Å². The van der Waals surface area contributed by atoms with Crippen molar-refractivity contribution in [2.45, 2.75) is 30.7 Å². The molecule has 1 amide bonds. The van der Waals surface area contributed by atoms with Gasteiger partial charge in [0.1, 0.15) is 0 Å². The van der Waals surface area contributed by atoms with Gasteiger partial charge in [0.15, 0.2) is 0 Å². The van der Waals surface area contributed by atoms with Gasteiger partial charge in [-0.3, -0.25) is 4.79 Å². The minimum absolute atomic E-state index is 0.189. The lowest BCUT2D eigenvalue weighted by atomic mass is 10.2. The molecule has 1 aliphatic rings. The zero-order valence-electron chi connectivity index (χ0n) is 11.3. The highest BCUT2D eigenvalue weighted by Crippen LogP contribution is 2.14. The molecule has 1 aromatic rings. The van der Waals surface area contributed by atoms with E-state index in [4.69, 9.17) is 0 Å². The largest absolute Gasteiger partial charge is 0.326 e. The van der Waals surface area contributed by atoms with Crippen LogP contribution in [0.3, 0.4) is 0 Å². The monoisotopic (exact) mass is 297 g/mol. The van der Waals surface area contributed by atoms with Crippen LogP contribution >= 0.6 is 0 Å². The maximum Gasteiger partial charge on any atom is 0.240 e. The van der Waals surface area contributed by atoms with Gasteiger partial charge >= 0.3 is 0 Å². The predicted octanol–water partition coefficient (Wildman–Crippen LogP) is 0.675. The lowest BCUT2D eigenvalue weighted by Gasteiger charge is -2.12. The highest BCUT2D eigenvalue weighted by molar-refractivity contribution is 7.89. The van der Waals surface area contributed by atoms with Crippen molar-refractivity contribution < 1.29 is 13.2 Å². The minimum Gasteiger partial charge on any atom is -0.326 e. The first kappa shape index (κ1) is 15.0. The van der Waals surface area contributed by atoms with Crippen molar-refractivity contribution >= 4 is 21.6 Å². The third-order valence-electron chi connectivity index (χ3n) is 3.17. The molecule has 0 aliphatic carbocycles. The van der Waals surface area contributed by atoms with Crippen LogP contribution in [0.5, 0.6) is 0 Å². The molecule has 2 rings (SSSR count). The molecule has 6 nitrogen and oxygen atoms in total. The molecule has 3 N–H and O–H groups in total. The van der Waals surface area contributed by atoms with Crippen molar-refractivity contribution in [2.75, 3.05) is 18.4 Å². The Balaban J connectivity index is 1.99. The molecule has 1 saturated heterocycles. The second-order valence-corrected chi connectivity index (χ2v) is 6.62. The second kappa shape index (κ2) is 6.34. The molecule has 1 heterocycles. The number of rotatable bonds is 5. The average Bonchev–Trinajstić information content (AvgIpc) is 2.89. The summed E-state index contributed by atoms with van der Waals surface area (Å²) >= 11 is 0. The molecule has 1 aromatic carbocycles. The van der Waals surface area contributed by atoms with Gasteiger partial charge in [-0.1, -0.05) is 0 Å². The Hall–Kier alpha value is -1.44. The predicted molar refractivity (Wildman–Crippen MR) is 77.0 cm³/mol. The van der Waals surface area contributed by atoms with E-state index >= 15 is 0 Å². The molecule has 0 spiro atoms. The van der Waals surface area contributed by atoms with E-state index in [-0.39, 0.29) is 16.8 Å². The minimum atomic E-state index is -3.50. The van der Waals surface area contributed by atoms with E-state index in [1.54, 1.807) is 12.1 Å². The molecule has 0 saturated carbocycles. The first-order chi connectivity index (χ1) is 9.47. The Morgan fingerprint density at radius 2 is 2.05 bits per heavy atom. The van der Waals surface area contributed by atoms with E-state index in [1.165, 1.54) is 19.1 Å².